The van der Waals surface area contributed by atoms with Crippen LogP contribution in [-0.4, -0.2) is 12.2 Å². The van der Waals surface area contributed by atoms with Crippen molar-refractivity contribution in [1.29, 1.82) is 0 Å². The Kier molecular flexibility index (Phi) is 2.17. The summed E-state index contributed by atoms with van der Waals surface area (Å²) in [7, 11) is 0. The van der Waals surface area contributed by atoms with Crippen molar-refractivity contribution in [2.45, 2.75) is 31.5 Å². The molecule has 2 aliphatic carbocycles. The number of fused-ring (bicyclic) bond motifs is 2. The van der Waals surface area contributed by atoms with Gasteiger partial charge in [-0.2, -0.15) is 0 Å². The number of rotatable bonds is 2. The summed E-state index contributed by atoms with van der Waals surface area (Å²) < 4.78 is 5.85. The first-order valence-corrected chi connectivity index (χ1v) is 5.61. The third kappa shape index (κ3) is 1.63. The standard InChI is InChI=1S/C13H14O2/c14-12-7-9-6-11(12)13(8-9)15-10-4-2-1-3-5-10/h1-2,4-5,9,11-13H,6-8H2. The first-order chi connectivity index (χ1) is 7.33. The lowest BCUT2D eigenvalue weighted by atomic mass is 9.95. The molecule has 1 aromatic rings. The zero-order chi connectivity index (χ0) is 10.3. The summed E-state index contributed by atoms with van der Waals surface area (Å²) in [5.41, 5.74) is 0. The van der Waals surface area contributed by atoms with Crippen molar-refractivity contribution in [2.75, 3.05) is 0 Å². The van der Waals surface area contributed by atoms with Gasteiger partial charge in [-0.3, -0.25) is 0 Å². The van der Waals surface area contributed by atoms with Crippen molar-refractivity contribution >= 4 is 0 Å². The van der Waals surface area contributed by atoms with Crippen LogP contribution in [0.1, 0.15) is 19.3 Å². The Labute approximate surface area is 89.9 Å². The number of ether oxygens (including phenoxy) is 1. The molecule has 78 valence electrons. The maximum absolute atomic E-state index is 11.6. The van der Waals surface area contributed by atoms with Gasteiger partial charge in [-0.1, -0.05) is 12.1 Å². The fourth-order valence-corrected chi connectivity index (χ4v) is 2.98. The van der Waals surface area contributed by atoms with Crippen LogP contribution >= 0.6 is 0 Å². The first kappa shape index (κ1) is 9.22. The van der Waals surface area contributed by atoms with Crippen LogP contribution in [0.2, 0.25) is 0 Å². The van der Waals surface area contributed by atoms with Crippen LogP contribution in [-0.2, 0) is 5.11 Å². The van der Waals surface area contributed by atoms with E-state index in [9.17, 15) is 5.11 Å². The second kappa shape index (κ2) is 3.53. The molecule has 2 aliphatic rings. The summed E-state index contributed by atoms with van der Waals surface area (Å²) in [5, 5.41) is 11.6. The van der Waals surface area contributed by atoms with Crippen LogP contribution in [0.15, 0.2) is 24.3 Å². The highest BCUT2D eigenvalue weighted by Crippen LogP contribution is 2.46. The summed E-state index contributed by atoms with van der Waals surface area (Å²) in [6.07, 6.45) is 2.78. The molecule has 2 fully saturated rings. The van der Waals surface area contributed by atoms with E-state index in [4.69, 9.17) is 4.74 Å². The van der Waals surface area contributed by atoms with Gasteiger partial charge in [-0.15, -0.1) is 0 Å². The molecule has 15 heavy (non-hydrogen) atoms. The average molecular weight is 202 g/mol. The Morgan fingerprint density at radius 1 is 1.33 bits per heavy atom. The SMILES string of the molecule is [O]C1CC2CC(Oc3c[c]ccc3)C1C2. The van der Waals surface area contributed by atoms with E-state index in [1.165, 1.54) is 0 Å². The molecule has 0 saturated heterocycles. The molecule has 2 saturated carbocycles. The maximum Gasteiger partial charge on any atom is 0.120 e. The lowest BCUT2D eigenvalue weighted by Gasteiger charge is -2.25. The molecule has 1 aromatic carbocycles. The van der Waals surface area contributed by atoms with Crippen molar-refractivity contribution < 1.29 is 9.84 Å². The van der Waals surface area contributed by atoms with Crippen molar-refractivity contribution in [3.05, 3.63) is 30.3 Å². The van der Waals surface area contributed by atoms with E-state index in [0.717, 1.165) is 25.0 Å². The normalized spacial score (nSPS) is 38.2. The third-order valence-electron chi connectivity index (χ3n) is 3.66. The Hall–Kier alpha value is -1.02. The second-order valence-corrected chi connectivity index (χ2v) is 4.67. The maximum atomic E-state index is 11.6. The molecule has 2 radical (unpaired) electrons. The summed E-state index contributed by atoms with van der Waals surface area (Å²) in [5.74, 6) is 1.72. The van der Waals surface area contributed by atoms with E-state index in [1.807, 2.05) is 24.3 Å². The molecular formula is C13H14O2. The van der Waals surface area contributed by atoms with Crippen LogP contribution in [0.25, 0.3) is 0 Å². The molecule has 0 amide bonds. The third-order valence-corrected chi connectivity index (χ3v) is 3.66. The average Bonchev–Trinajstić information content (AvgIpc) is 2.77. The zero-order valence-corrected chi connectivity index (χ0v) is 8.56. The molecule has 4 atom stereocenters. The zero-order valence-electron chi connectivity index (χ0n) is 8.56. The van der Waals surface area contributed by atoms with Crippen LogP contribution < -0.4 is 4.74 Å². The quantitative estimate of drug-likeness (QED) is 0.724. The fourth-order valence-electron chi connectivity index (χ4n) is 2.98. The van der Waals surface area contributed by atoms with Gasteiger partial charge in [0.25, 0.3) is 0 Å². The summed E-state index contributed by atoms with van der Waals surface area (Å²) in [6.45, 7) is 0. The molecule has 2 bridgehead atoms. The van der Waals surface area contributed by atoms with Crippen molar-refractivity contribution in [3.63, 3.8) is 0 Å². The Morgan fingerprint density at radius 3 is 2.93 bits per heavy atom. The fraction of sp³-hybridized carbons (Fsp3) is 0.538. The number of hydrogen-bond acceptors (Lipinski definition) is 1. The second-order valence-electron chi connectivity index (χ2n) is 4.67. The lowest BCUT2D eigenvalue weighted by molar-refractivity contribution is -0.00963. The molecule has 0 spiro atoms. The molecule has 4 unspecified atom stereocenters. The van der Waals surface area contributed by atoms with E-state index in [-0.39, 0.29) is 18.1 Å². The summed E-state index contributed by atoms with van der Waals surface area (Å²) >= 11 is 0. The molecule has 0 N–H and O–H groups in total. The Bertz CT molecular complexity index is 336. The molecule has 0 heterocycles. The first-order valence-electron chi connectivity index (χ1n) is 5.61. The minimum Gasteiger partial charge on any atom is -0.490 e. The predicted octanol–water partition coefficient (Wildman–Crippen LogP) is 2.46. The van der Waals surface area contributed by atoms with Gasteiger partial charge in [-0.05, 0) is 43.4 Å². The Balaban J connectivity index is 1.70. The molecular weight excluding hydrogens is 188 g/mol. The van der Waals surface area contributed by atoms with Gasteiger partial charge in [0.1, 0.15) is 11.9 Å². The minimum absolute atomic E-state index is 0.155. The van der Waals surface area contributed by atoms with Crippen molar-refractivity contribution in [1.82, 2.24) is 0 Å². The van der Waals surface area contributed by atoms with E-state index in [2.05, 4.69) is 6.07 Å². The monoisotopic (exact) mass is 202 g/mol. The van der Waals surface area contributed by atoms with Gasteiger partial charge in [0.05, 0.1) is 6.10 Å². The molecule has 3 rings (SSSR count). The molecule has 2 nitrogen and oxygen atoms in total. The van der Waals surface area contributed by atoms with Crippen molar-refractivity contribution in [3.8, 4) is 5.75 Å². The predicted molar refractivity (Wildman–Crippen MR) is 55.0 cm³/mol. The highest BCUT2D eigenvalue weighted by atomic mass is 16.5. The van der Waals surface area contributed by atoms with Crippen LogP contribution in [0, 0.1) is 17.9 Å². The number of hydrogen-bond donors (Lipinski definition) is 0. The molecule has 0 aliphatic heterocycles. The van der Waals surface area contributed by atoms with E-state index >= 15 is 0 Å². The van der Waals surface area contributed by atoms with Gasteiger partial charge in [-0.25, -0.2) is 5.11 Å². The highest BCUT2D eigenvalue weighted by Gasteiger charge is 2.47. The Morgan fingerprint density at radius 2 is 2.27 bits per heavy atom. The lowest BCUT2D eigenvalue weighted by Crippen LogP contribution is -2.32. The smallest absolute Gasteiger partial charge is 0.120 e. The van der Waals surface area contributed by atoms with Crippen LogP contribution in [0.4, 0.5) is 0 Å². The van der Waals surface area contributed by atoms with Crippen LogP contribution in [0.3, 0.4) is 0 Å². The highest BCUT2D eigenvalue weighted by molar-refractivity contribution is 5.21. The van der Waals surface area contributed by atoms with Gasteiger partial charge >= 0.3 is 0 Å². The largest absolute Gasteiger partial charge is 0.490 e. The van der Waals surface area contributed by atoms with Gasteiger partial charge in [0.2, 0.25) is 0 Å². The van der Waals surface area contributed by atoms with Gasteiger partial charge in [0.15, 0.2) is 0 Å². The van der Waals surface area contributed by atoms with Crippen molar-refractivity contribution in [2.24, 2.45) is 11.8 Å². The number of benzene rings is 1. The van der Waals surface area contributed by atoms with E-state index < -0.39 is 0 Å². The molecule has 2 heteroatoms. The van der Waals surface area contributed by atoms with Gasteiger partial charge < -0.3 is 4.74 Å². The van der Waals surface area contributed by atoms with Gasteiger partial charge in [0, 0.05) is 5.92 Å². The van der Waals surface area contributed by atoms with Crippen LogP contribution in [0.5, 0.6) is 5.75 Å². The van der Waals surface area contributed by atoms with E-state index in [0.29, 0.717) is 5.92 Å². The minimum atomic E-state index is -0.388. The topological polar surface area (TPSA) is 29.1 Å². The molecule has 0 aromatic heterocycles. The summed E-state index contributed by atoms with van der Waals surface area (Å²) in [4.78, 5) is 0. The summed E-state index contributed by atoms with van der Waals surface area (Å²) in [6, 6.07) is 10.5. The van der Waals surface area contributed by atoms with E-state index in [1.54, 1.807) is 0 Å².